The molecule has 39 heavy (non-hydrogen) atoms. The van der Waals surface area contributed by atoms with Crippen molar-refractivity contribution in [2.24, 2.45) is 0 Å². The molecule has 11 heteroatoms. The minimum Gasteiger partial charge on any atom is -0.478 e. The number of aromatic carboxylic acids is 1. The molecule has 0 radical (unpaired) electrons. The molecular formula is C28H26Cl3NO6S. The van der Waals surface area contributed by atoms with Crippen molar-refractivity contribution in [3.63, 3.8) is 0 Å². The Morgan fingerprint density at radius 3 is 2.21 bits per heavy atom. The SMILES string of the molecule is O=C(O)c1ccccc1SC[C@H]1C[C@@H](c2ccc(CO)cc2)O[C@@H](c2ccc(CNC(=O)C(Cl)(Cl)Cl)cc2)O1. The number of rotatable bonds is 9. The van der Waals surface area contributed by atoms with Gasteiger partial charge in [0.1, 0.15) is 0 Å². The number of carboxylic acids is 1. The van der Waals surface area contributed by atoms with Crippen molar-refractivity contribution in [1.82, 2.24) is 5.32 Å². The molecule has 1 heterocycles. The number of carbonyl (C=O) groups excluding carboxylic acids is 1. The lowest BCUT2D eigenvalue weighted by molar-refractivity contribution is -0.245. The number of ether oxygens (including phenoxy) is 2. The summed E-state index contributed by atoms with van der Waals surface area (Å²) in [4.78, 5) is 24.1. The van der Waals surface area contributed by atoms with Gasteiger partial charge in [0.05, 0.1) is 24.4 Å². The third-order valence-electron chi connectivity index (χ3n) is 6.12. The number of carboxylic acid groups (broad SMARTS) is 1. The van der Waals surface area contributed by atoms with Gasteiger partial charge in [-0.05, 0) is 28.8 Å². The second kappa shape index (κ2) is 13.4. The average molecular weight is 611 g/mol. The number of aliphatic hydroxyl groups is 1. The van der Waals surface area contributed by atoms with Crippen LogP contribution in [-0.4, -0.2) is 37.7 Å². The van der Waals surface area contributed by atoms with Crippen molar-refractivity contribution in [1.29, 1.82) is 0 Å². The van der Waals surface area contributed by atoms with Gasteiger partial charge in [-0.15, -0.1) is 11.8 Å². The highest BCUT2D eigenvalue weighted by Crippen LogP contribution is 2.40. The van der Waals surface area contributed by atoms with Crippen LogP contribution >= 0.6 is 46.6 Å². The number of hydrogen-bond acceptors (Lipinski definition) is 6. The summed E-state index contributed by atoms with van der Waals surface area (Å²) in [6.07, 6.45) is -0.619. The van der Waals surface area contributed by atoms with E-state index in [1.807, 2.05) is 54.6 Å². The van der Waals surface area contributed by atoms with E-state index in [0.29, 0.717) is 17.1 Å². The summed E-state index contributed by atoms with van der Waals surface area (Å²) in [5.41, 5.74) is 3.58. The number of benzene rings is 3. The molecule has 1 fully saturated rings. The standard InChI is InChI=1S/C28H26Cl3NO6S/c29-28(30,31)27(36)32-14-17-5-11-20(12-6-17)26-37-21(16-39-24-4-2-1-3-22(24)25(34)35)13-23(38-26)19-9-7-18(15-33)8-10-19/h1-12,21,23,26,33H,13-16H2,(H,32,36)(H,34,35)/t21-,23+,26+/m1/s1. The van der Waals surface area contributed by atoms with E-state index in [1.54, 1.807) is 18.2 Å². The highest BCUT2D eigenvalue weighted by molar-refractivity contribution is 7.99. The number of carbonyl (C=O) groups is 2. The molecule has 1 aliphatic heterocycles. The van der Waals surface area contributed by atoms with Gasteiger partial charge in [0.15, 0.2) is 6.29 Å². The van der Waals surface area contributed by atoms with E-state index in [1.165, 1.54) is 11.8 Å². The molecule has 3 aromatic carbocycles. The lowest BCUT2D eigenvalue weighted by atomic mass is 10.0. The normalized spacial score (nSPS) is 19.4. The van der Waals surface area contributed by atoms with Crippen molar-refractivity contribution in [2.75, 3.05) is 5.75 Å². The van der Waals surface area contributed by atoms with Crippen LogP contribution in [0.5, 0.6) is 0 Å². The molecule has 0 aromatic heterocycles. The summed E-state index contributed by atoms with van der Waals surface area (Å²) in [5, 5.41) is 21.5. The fourth-order valence-corrected chi connectivity index (χ4v) is 5.32. The van der Waals surface area contributed by atoms with Crippen LogP contribution in [0.2, 0.25) is 0 Å². The van der Waals surface area contributed by atoms with Gasteiger partial charge in [-0.25, -0.2) is 4.79 Å². The van der Waals surface area contributed by atoms with E-state index in [0.717, 1.165) is 22.3 Å². The van der Waals surface area contributed by atoms with Gasteiger partial charge in [0.25, 0.3) is 9.70 Å². The Bertz CT molecular complexity index is 1280. The van der Waals surface area contributed by atoms with Gasteiger partial charge in [-0.2, -0.15) is 0 Å². The predicted octanol–water partition coefficient (Wildman–Crippen LogP) is 6.20. The first-order valence-corrected chi connectivity index (χ1v) is 14.2. The first-order chi connectivity index (χ1) is 18.6. The number of hydrogen-bond donors (Lipinski definition) is 3. The number of amides is 1. The zero-order valence-corrected chi connectivity index (χ0v) is 23.6. The lowest BCUT2D eigenvalue weighted by Crippen LogP contribution is -2.34. The third kappa shape index (κ3) is 8.11. The summed E-state index contributed by atoms with van der Waals surface area (Å²) >= 11 is 18.2. The highest BCUT2D eigenvalue weighted by Gasteiger charge is 2.33. The summed E-state index contributed by atoms with van der Waals surface area (Å²) in [5.74, 6) is -1.16. The largest absolute Gasteiger partial charge is 0.478 e. The molecule has 1 amide bonds. The molecule has 0 saturated carbocycles. The molecule has 1 aliphatic rings. The summed E-state index contributed by atoms with van der Waals surface area (Å²) in [7, 11) is 0. The Labute approximate surface area is 245 Å². The van der Waals surface area contributed by atoms with E-state index >= 15 is 0 Å². The van der Waals surface area contributed by atoms with Crippen molar-refractivity contribution < 1.29 is 29.3 Å². The Morgan fingerprint density at radius 2 is 1.56 bits per heavy atom. The first-order valence-electron chi connectivity index (χ1n) is 12.0. The van der Waals surface area contributed by atoms with Crippen LogP contribution in [0.3, 0.4) is 0 Å². The van der Waals surface area contributed by atoms with Crippen LogP contribution in [0, 0.1) is 0 Å². The molecule has 206 valence electrons. The molecule has 3 aromatic rings. The second-order valence-electron chi connectivity index (χ2n) is 8.88. The van der Waals surface area contributed by atoms with Gasteiger partial charge in [-0.1, -0.05) is 95.5 Å². The van der Waals surface area contributed by atoms with Gasteiger partial charge >= 0.3 is 5.97 Å². The molecule has 3 atom stereocenters. The Kier molecular flexibility index (Phi) is 10.2. The highest BCUT2D eigenvalue weighted by atomic mass is 35.6. The predicted molar refractivity (Wildman–Crippen MR) is 151 cm³/mol. The second-order valence-corrected chi connectivity index (χ2v) is 12.2. The number of nitrogens with one attached hydrogen (secondary N) is 1. The summed E-state index contributed by atoms with van der Waals surface area (Å²) in [6, 6.07) is 21.8. The van der Waals surface area contributed by atoms with E-state index < -0.39 is 22.0 Å². The van der Waals surface area contributed by atoms with E-state index in [4.69, 9.17) is 44.3 Å². The lowest BCUT2D eigenvalue weighted by Gasteiger charge is -2.36. The van der Waals surface area contributed by atoms with Crippen LogP contribution < -0.4 is 5.32 Å². The van der Waals surface area contributed by atoms with E-state index in [9.17, 15) is 19.8 Å². The quantitative estimate of drug-likeness (QED) is 0.196. The maximum atomic E-state index is 11.8. The number of thioether (sulfide) groups is 1. The first kappa shape index (κ1) is 29.7. The molecule has 7 nitrogen and oxygen atoms in total. The van der Waals surface area contributed by atoms with Crippen LogP contribution in [0.25, 0.3) is 0 Å². The zero-order chi connectivity index (χ0) is 28.0. The van der Waals surface area contributed by atoms with Gasteiger partial charge in [-0.3, -0.25) is 4.79 Å². The number of alkyl halides is 3. The zero-order valence-electron chi connectivity index (χ0n) is 20.6. The van der Waals surface area contributed by atoms with Gasteiger partial charge in [0.2, 0.25) is 0 Å². The molecule has 0 bridgehead atoms. The number of aliphatic hydroxyl groups excluding tert-OH is 1. The maximum Gasteiger partial charge on any atom is 0.336 e. The summed E-state index contributed by atoms with van der Waals surface area (Å²) < 4.78 is 10.6. The summed E-state index contributed by atoms with van der Waals surface area (Å²) in [6.45, 7) is 0.135. The monoisotopic (exact) mass is 609 g/mol. The van der Waals surface area contributed by atoms with E-state index in [-0.39, 0.29) is 30.9 Å². The van der Waals surface area contributed by atoms with E-state index in [2.05, 4.69) is 5.32 Å². The average Bonchev–Trinajstić information content (AvgIpc) is 2.94. The molecule has 1 saturated heterocycles. The van der Waals surface area contributed by atoms with Crippen molar-refractivity contribution in [3.8, 4) is 0 Å². The van der Waals surface area contributed by atoms with Crippen LogP contribution in [0.1, 0.15) is 51.4 Å². The Morgan fingerprint density at radius 1 is 0.923 bits per heavy atom. The van der Waals surface area contributed by atoms with Crippen molar-refractivity contribution in [2.45, 2.75) is 46.8 Å². The molecule has 4 rings (SSSR count). The minimum absolute atomic E-state index is 0.0474. The Hall–Kier alpha value is -2.30. The fraction of sp³-hybridized carbons (Fsp3) is 0.286. The maximum absolute atomic E-state index is 11.8. The van der Waals surface area contributed by atoms with Crippen LogP contribution in [0.15, 0.2) is 77.7 Å². The Balaban J connectivity index is 1.50. The molecule has 3 N–H and O–H groups in total. The van der Waals surface area contributed by atoms with Gasteiger partial charge in [0, 0.05) is 29.2 Å². The number of halogens is 3. The fourth-order valence-electron chi connectivity index (χ4n) is 4.05. The van der Waals surface area contributed by atoms with Crippen molar-refractivity contribution >= 4 is 58.4 Å². The molecule has 0 unspecified atom stereocenters. The third-order valence-corrected chi connectivity index (χ3v) is 7.84. The smallest absolute Gasteiger partial charge is 0.336 e. The van der Waals surface area contributed by atoms with Gasteiger partial charge < -0.3 is 25.0 Å². The topological polar surface area (TPSA) is 105 Å². The van der Waals surface area contributed by atoms with Crippen LogP contribution in [-0.2, 0) is 27.4 Å². The van der Waals surface area contributed by atoms with Crippen LogP contribution in [0.4, 0.5) is 0 Å². The molecular weight excluding hydrogens is 585 g/mol. The van der Waals surface area contributed by atoms with Crippen molar-refractivity contribution in [3.05, 3.63) is 101 Å². The molecule has 0 aliphatic carbocycles. The minimum atomic E-state index is -2.04. The molecule has 0 spiro atoms.